The quantitative estimate of drug-likeness (QED) is 0.702. The van der Waals surface area contributed by atoms with Crippen LogP contribution in [0.3, 0.4) is 0 Å². The van der Waals surface area contributed by atoms with Gasteiger partial charge in [0.05, 0.1) is 13.7 Å². The van der Waals surface area contributed by atoms with Gasteiger partial charge in [-0.2, -0.15) is 0 Å². The molecule has 0 aliphatic carbocycles. The second kappa shape index (κ2) is 8.06. The van der Waals surface area contributed by atoms with Gasteiger partial charge in [0.2, 0.25) is 0 Å². The van der Waals surface area contributed by atoms with Gasteiger partial charge in [0.15, 0.2) is 0 Å². The molecule has 0 bridgehead atoms. The molecule has 0 aliphatic rings. The van der Waals surface area contributed by atoms with Gasteiger partial charge in [0.1, 0.15) is 5.75 Å². The van der Waals surface area contributed by atoms with Gasteiger partial charge < -0.3 is 19.9 Å². The maximum Gasteiger partial charge on any atom is 0.123 e. The molecule has 0 spiro atoms. The van der Waals surface area contributed by atoms with Crippen LogP contribution < -0.4 is 10.5 Å². The highest BCUT2D eigenvalue weighted by molar-refractivity contribution is 5.37. The highest BCUT2D eigenvalue weighted by Crippen LogP contribution is 2.20. The van der Waals surface area contributed by atoms with E-state index < -0.39 is 0 Å². The molecule has 0 aliphatic heterocycles. The van der Waals surface area contributed by atoms with Gasteiger partial charge >= 0.3 is 0 Å². The predicted octanol–water partition coefficient (Wildman–Crippen LogP) is 1.71. The van der Waals surface area contributed by atoms with Crippen LogP contribution in [-0.4, -0.2) is 27.4 Å². The van der Waals surface area contributed by atoms with Crippen molar-refractivity contribution in [3.63, 3.8) is 0 Å². The molecule has 0 heterocycles. The van der Waals surface area contributed by atoms with Gasteiger partial charge in [-0.3, -0.25) is 0 Å². The number of nitrogens with two attached hydrogens (primary N) is 1. The highest BCUT2D eigenvalue weighted by atomic mass is 16.5. The summed E-state index contributed by atoms with van der Waals surface area (Å²) in [5.41, 5.74) is 7.71. The van der Waals surface area contributed by atoms with Crippen LogP contribution >= 0.6 is 0 Å². The molecule has 0 unspecified atom stereocenters. The molecular formula is C13H21NO3. The second-order valence-corrected chi connectivity index (χ2v) is 3.75. The van der Waals surface area contributed by atoms with E-state index in [9.17, 15) is 0 Å². The maximum absolute atomic E-state index is 5.61. The van der Waals surface area contributed by atoms with Crippen LogP contribution in [0.4, 0.5) is 0 Å². The largest absolute Gasteiger partial charge is 0.496 e. The molecule has 96 valence electrons. The molecule has 0 fully saturated rings. The fraction of sp³-hybridized carbons (Fsp3) is 0.538. The molecule has 0 amide bonds. The first-order chi connectivity index (χ1) is 8.31. The minimum atomic E-state index is 0.484. The van der Waals surface area contributed by atoms with Crippen LogP contribution in [0, 0.1) is 0 Å². The van der Waals surface area contributed by atoms with Gasteiger partial charge in [-0.15, -0.1) is 0 Å². The van der Waals surface area contributed by atoms with E-state index in [1.807, 2.05) is 18.2 Å². The molecule has 1 aromatic rings. The second-order valence-electron chi connectivity index (χ2n) is 3.75. The van der Waals surface area contributed by atoms with Crippen molar-refractivity contribution in [1.29, 1.82) is 0 Å². The first-order valence-electron chi connectivity index (χ1n) is 5.74. The number of ether oxygens (including phenoxy) is 3. The van der Waals surface area contributed by atoms with Crippen molar-refractivity contribution < 1.29 is 14.2 Å². The smallest absolute Gasteiger partial charge is 0.123 e. The van der Waals surface area contributed by atoms with Crippen LogP contribution in [-0.2, 0) is 22.6 Å². The molecule has 0 saturated heterocycles. The minimum absolute atomic E-state index is 0.484. The van der Waals surface area contributed by atoms with Crippen molar-refractivity contribution in [2.24, 2.45) is 5.73 Å². The topological polar surface area (TPSA) is 53.7 Å². The van der Waals surface area contributed by atoms with Crippen LogP contribution in [0.15, 0.2) is 18.2 Å². The van der Waals surface area contributed by atoms with Crippen molar-refractivity contribution in [3.05, 3.63) is 29.3 Å². The van der Waals surface area contributed by atoms with Crippen LogP contribution in [0.25, 0.3) is 0 Å². The summed E-state index contributed by atoms with van der Waals surface area (Å²) >= 11 is 0. The Morgan fingerprint density at radius 1 is 1.18 bits per heavy atom. The van der Waals surface area contributed by atoms with Gasteiger partial charge in [0.25, 0.3) is 0 Å². The van der Waals surface area contributed by atoms with Gasteiger partial charge in [-0.05, 0) is 18.1 Å². The Labute approximate surface area is 103 Å². The van der Waals surface area contributed by atoms with Gasteiger partial charge in [-0.1, -0.05) is 12.1 Å². The van der Waals surface area contributed by atoms with E-state index >= 15 is 0 Å². The van der Waals surface area contributed by atoms with E-state index in [2.05, 4.69) is 0 Å². The van der Waals surface area contributed by atoms with Gasteiger partial charge in [0, 0.05) is 32.4 Å². The molecule has 4 nitrogen and oxygen atoms in total. The van der Waals surface area contributed by atoms with E-state index in [0.29, 0.717) is 19.8 Å². The van der Waals surface area contributed by atoms with Crippen molar-refractivity contribution in [1.82, 2.24) is 0 Å². The highest BCUT2D eigenvalue weighted by Gasteiger charge is 2.02. The van der Waals surface area contributed by atoms with E-state index in [1.54, 1.807) is 14.2 Å². The summed E-state index contributed by atoms with van der Waals surface area (Å²) in [6, 6.07) is 5.96. The molecule has 0 radical (unpaired) electrons. The predicted molar refractivity (Wildman–Crippen MR) is 67.0 cm³/mol. The minimum Gasteiger partial charge on any atom is -0.496 e. The van der Waals surface area contributed by atoms with E-state index in [-0.39, 0.29) is 0 Å². The normalized spacial score (nSPS) is 10.5. The maximum atomic E-state index is 5.61. The zero-order chi connectivity index (χ0) is 12.5. The number of benzene rings is 1. The summed E-state index contributed by atoms with van der Waals surface area (Å²) in [6.45, 7) is 2.51. The number of methoxy groups -OCH3 is 2. The molecule has 1 aromatic carbocycles. The lowest BCUT2D eigenvalue weighted by atomic mass is 10.1. The van der Waals surface area contributed by atoms with Crippen LogP contribution in [0.1, 0.15) is 17.5 Å². The Kier molecular flexibility index (Phi) is 6.62. The van der Waals surface area contributed by atoms with Crippen LogP contribution in [0.5, 0.6) is 5.75 Å². The fourth-order valence-electron chi connectivity index (χ4n) is 1.54. The SMILES string of the molecule is COCCCOCc1ccc(CN)c(OC)c1. The standard InChI is InChI=1S/C13H21NO3/c1-15-6-3-7-17-10-11-4-5-12(9-14)13(8-11)16-2/h4-5,8H,3,6-7,9-10,14H2,1-2H3. The summed E-state index contributed by atoms with van der Waals surface area (Å²) < 4.78 is 15.7. The Bertz CT molecular complexity index is 328. The molecule has 4 heteroatoms. The van der Waals surface area contributed by atoms with E-state index in [0.717, 1.165) is 29.9 Å². The summed E-state index contributed by atoms with van der Waals surface area (Å²) in [7, 11) is 3.34. The molecule has 1 rings (SSSR count). The average Bonchev–Trinajstić information content (AvgIpc) is 2.38. The van der Waals surface area contributed by atoms with Crippen molar-refractivity contribution >= 4 is 0 Å². The molecule has 0 aromatic heterocycles. The lowest BCUT2D eigenvalue weighted by molar-refractivity contribution is 0.0927. The number of hydrogen-bond donors (Lipinski definition) is 1. The Balaban J connectivity index is 2.43. The average molecular weight is 239 g/mol. The molecule has 17 heavy (non-hydrogen) atoms. The third-order valence-electron chi connectivity index (χ3n) is 2.48. The Morgan fingerprint density at radius 2 is 2.00 bits per heavy atom. The number of rotatable bonds is 8. The summed E-state index contributed by atoms with van der Waals surface area (Å²) in [4.78, 5) is 0. The van der Waals surface area contributed by atoms with Crippen molar-refractivity contribution in [2.45, 2.75) is 19.6 Å². The zero-order valence-electron chi connectivity index (χ0n) is 10.6. The first-order valence-corrected chi connectivity index (χ1v) is 5.74. The lowest BCUT2D eigenvalue weighted by Gasteiger charge is -2.09. The molecule has 0 saturated carbocycles. The zero-order valence-corrected chi connectivity index (χ0v) is 10.6. The lowest BCUT2D eigenvalue weighted by Crippen LogP contribution is -2.02. The molecule has 2 N–H and O–H groups in total. The Morgan fingerprint density at radius 3 is 2.65 bits per heavy atom. The molecular weight excluding hydrogens is 218 g/mol. The summed E-state index contributed by atoms with van der Waals surface area (Å²) in [5, 5.41) is 0. The van der Waals surface area contributed by atoms with E-state index in [4.69, 9.17) is 19.9 Å². The summed E-state index contributed by atoms with van der Waals surface area (Å²) in [5.74, 6) is 0.825. The third kappa shape index (κ3) is 4.73. The first kappa shape index (κ1) is 14.0. The monoisotopic (exact) mass is 239 g/mol. The van der Waals surface area contributed by atoms with Crippen molar-refractivity contribution in [3.8, 4) is 5.75 Å². The Hall–Kier alpha value is -1.10. The van der Waals surface area contributed by atoms with E-state index in [1.165, 1.54) is 0 Å². The molecule has 0 atom stereocenters. The van der Waals surface area contributed by atoms with Crippen molar-refractivity contribution in [2.75, 3.05) is 27.4 Å². The fourth-order valence-corrected chi connectivity index (χ4v) is 1.54. The third-order valence-corrected chi connectivity index (χ3v) is 2.48. The van der Waals surface area contributed by atoms with Gasteiger partial charge in [-0.25, -0.2) is 0 Å². The van der Waals surface area contributed by atoms with Crippen LogP contribution in [0.2, 0.25) is 0 Å². The number of hydrogen-bond acceptors (Lipinski definition) is 4. The summed E-state index contributed by atoms with van der Waals surface area (Å²) in [6.07, 6.45) is 0.911.